The van der Waals surface area contributed by atoms with Crippen LogP contribution in [0.1, 0.15) is 12.5 Å². The number of aliphatic hydroxyl groups is 1. The molecule has 0 saturated carbocycles. The van der Waals surface area contributed by atoms with Crippen LogP contribution >= 0.6 is 0 Å². The second-order valence-corrected chi connectivity index (χ2v) is 5.41. The minimum absolute atomic E-state index is 0.0977. The molecule has 8 heteroatoms. The molecule has 2 rings (SSSR count). The number of aromatic hydroxyl groups is 1. The third-order valence-electron chi connectivity index (χ3n) is 3.58. The zero-order chi connectivity index (χ0) is 17.0. The maximum Gasteiger partial charge on any atom is 0.245 e. The topological polar surface area (TPSA) is 128 Å². The van der Waals surface area contributed by atoms with E-state index in [0.29, 0.717) is 0 Å². The van der Waals surface area contributed by atoms with Crippen LogP contribution in [0.15, 0.2) is 24.3 Å². The van der Waals surface area contributed by atoms with Crippen molar-refractivity contribution in [3.8, 4) is 5.75 Å². The standard InChI is InChI=1S/C15H19N3O5/c1-8-13(21)17-11(6-9-2-4-10(20)5-3-9)14(22)18-12(7-19)15(23)16-8/h2-5,8,11-12,19-20H,6-7H2,1H3,(H,16,23)(H,17,21)(H,18,22)/t8-,11-,12-/m0/s1. The van der Waals surface area contributed by atoms with Gasteiger partial charge in [-0.05, 0) is 24.6 Å². The van der Waals surface area contributed by atoms with E-state index in [4.69, 9.17) is 0 Å². The van der Waals surface area contributed by atoms with Gasteiger partial charge in [0.05, 0.1) is 6.61 Å². The first-order valence-electron chi connectivity index (χ1n) is 7.20. The fraction of sp³-hybridized carbons (Fsp3) is 0.400. The van der Waals surface area contributed by atoms with Crippen molar-refractivity contribution in [1.29, 1.82) is 0 Å². The maximum absolute atomic E-state index is 12.3. The van der Waals surface area contributed by atoms with E-state index < -0.39 is 42.5 Å². The molecule has 1 aliphatic rings. The van der Waals surface area contributed by atoms with Gasteiger partial charge in [0, 0.05) is 6.42 Å². The largest absolute Gasteiger partial charge is 0.508 e. The molecule has 0 spiro atoms. The third-order valence-corrected chi connectivity index (χ3v) is 3.58. The van der Waals surface area contributed by atoms with Gasteiger partial charge in [-0.25, -0.2) is 0 Å². The van der Waals surface area contributed by atoms with Crippen LogP contribution in [0.3, 0.4) is 0 Å². The Labute approximate surface area is 132 Å². The highest BCUT2D eigenvalue weighted by Crippen LogP contribution is 2.12. The Morgan fingerprint density at radius 2 is 1.48 bits per heavy atom. The van der Waals surface area contributed by atoms with Crippen molar-refractivity contribution in [3.63, 3.8) is 0 Å². The fourth-order valence-electron chi connectivity index (χ4n) is 2.22. The quantitative estimate of drug-likeness (QED) is 0.459. The lowest BCUT2D eigenvalue weighted by Crippen LogP contribution is -2.52. The van der Waals surface area contributed by atoms with Gasteiger partial charge in [-0.1, -0.05) is 12.1 Å². The molecule has 0 aliphatic carbocycles. The number of benzene rings is 1. The number of hydrogen-bond donors (Lipinski definition) is 5. The van der Waals surface area contributed by atoms with Crippen molar-refractivity contribution in [1.82, 2.24) is 16.0 Å². The summed E-state index contributed by atoms with van der Waals surface area (Å²) < 4.78 is 0. The molecule has 0 unspecified atom stereocenters. The first kappa shape index (κ1) is 16.8. The molecule has 5 N–H and O–H groups in total. The van der Waals surface area contributed by atoms with Gasteiger partial charge in [-0.2, -0.15) is 0 Å². The molecule has 1 aliphatic heterocycles. The number of phenolic OH excluding ortho intramolecular Hbond substituents is 1. The normalized spacial score (nSPS) is 25.5. The summed E-state index contributed by atoms with van der Waals surface area (Å²) in [6.45, 7) is 0.930. The minimum atomic E-state index is -1.11. The van der Waals surface area contributed by atoms with E-state index in [1.807, 2.05) is 0 Å². The van der Waals surface area contributed by atoms with Gasteiger partial charge < -0.3 is 26.2 Å². The summed E-state index contributed by atoms with van der Waals surface area (Å²) >= 11 is 0. The summed E-state index contributed by atoms with van der Waals surface area (Å²) in [5.74, 6) is -1.57. The smallest absolute Gasteiger partial charge is 0.245 e. The second-order valence-electron chi connectivity index (χ2n) is 5.41. The zero-order valence-corrected chi connectivity index (χ0v) is 12.6. The predicted octanol–water partition coefficient (Wildman–Crippen LogP) is -1.59. The van der Waals surface area contributed by atoms with Gasteiger partial charge in [0.15, 0.2) is 0 Å². The molecule has 0 radical (unpaired) electrons. The number of carbonyl (C=O) groups excluding carboxylic acids is 3. The number of phenols is 1. The van der Waals surface area contributed by atoms with Crippen molar-refractivity contribution < 1.29 is 24.6 Å². The lowest BCUT2D eigenvalue weighted by Gasteiger charge is -2.19. The van der Waals surface area contributed by atoms with Gasteiger partial charge in [0.1, 0.15) is 23.9 Å². The summed E-state index contributed by atoms with van der Waals surface area (Å²) in [6, 6.07) is 3.40. The first-order chi connectivity index (χ1) is 10.9. The van der Waals surface area contributed by atoms with Crippen molar-refractivity contribution in [2.75, 3.05) is 6.61 Å². The highest BCUT2D eigenvalue weighted by atomic mass is 16.3. The number of rotatable bonds is 3. The molecular weight excluding hydrogens is 302 g/mol. The SMILES string of the molecule is C[C@@H]1NC(=O)[C@H](CO)NC(=O)[C@H](Cc2ccc(O)cc2)NC1=O. The van der Waals surface area contributed by atoms with Crippen LogP contribution in [-0.2, 0) is 20.8 Å². The van der Waals surface area contributed by atoms with Crippen LogP contribution in [0.25, 0.3) is 0 Å². The van der Waals surface area contributed by atoms with Crippen LogP contribution in [-0.4, -0.2) is 52.7 Å². The Bertz CT molecular complexity index is 602. The number of nitrogens with one attached hydrogen (secondary N) is 3. The summed E-state index contributed by atoms with van der Waals surface area (Å²) in [6.07, 6.45) is 0.191. The monoisotopic (exact) mass is 321 g/mol. The van der Waals surface area contributed by atoms with Crippen molar-refractivity contribution in [3.05, 3.63) is 29.8 Å². The Morgan fingerprint density at radius 1 is 0.913 bits per heavy atom. The molecule has 8 nitrogen and oxygen atoms in total. The molecule has 3 amide bonds. The molecule has 124 valence electrons. The van der Waals surface area contributed by atoms with Crippen LogP contribution in [0.2, 0.25) is 0 Å². The van der Waals surface area contributed by atoms with Gasteiger partial charge in [0.2, 0.25) is 17.7 Å². The average Bonchev–Trinajstić information content (AvgIpc) is 2.55. The van der Waals surface area contributed by atoms with E-state index in [9.17, 15) is 24.6 Å². The average molecular weight is 321 g/mol. The van der Waals surface area contributed by atoms with Crippen LogP contribution in [0.4, 0.5) is 0 Å². The Balaban J connectivity index is 2.21. The molecule has 1 heterocycles. The van der Waals surface area contributed by atoms with Crippen molar-refractivity contribution in [2.45, 2.75) is 31.5 Å². The molecule has 23 heavy (non-hydrogen) atoms. The summed E-state index contributed by atoms with van der Waals surface area (Å²) in [4.78, 5) is 36.2. The van der Waals surface area contributed by atoms with Crippen LogP contribution < -0.4 is 16.0 Å². The van der Waals surface area contributed by atoms with E-state index in [-0.39, 0.29) is 12.2 Å². The summed E-state index contributed by atoms with van der Waals surface area (Å²) in [5, 5.41) is 25.9. The predicted molar refractivity (Wildman–Crippen MR) is 80.4 cm³/mol. The number of amides is 3. The van der Waals surface area contributed by atoms with Crippen molar-refractivity contribution >= 4 is 17.7 Å². The number of aliphatic hydroxyl groups excluding tert-OH is 1. The van der Waals surface area contributed by atoms with Crippen LogP contribution in [0.5, 0.6) is 5.75 Å². The molecule has 1 aromatic carbocycles. The first-order valence-corrected chi connectivity index (χ1v) is 7.20. The zero-order valence-electron chi connectivity index (χ0n) is 12.6. The summed E-state index contributed by atoms with van der Waals surface area (Å²) in [7, 11) is 0. The Hall–Kier alpha value is -2.61. The lowest BCUT2D eigenvalue weighted by molar-refractivity contribution is -0.130. The highest BCUT2D eigenvalue weighted by molar-refractivity contribution is 5.97. The molecule has 1 aromatic rings. The molecule has 0 bridgehead atoms. The fourth-order valence-corrected chi connectivity index (χ4v) is 2.22. The maximum atomic E-state index is 12.3. The van der Waals surface area contributed by atoms with Gasteiger partial charge in [0.25, 0.3) is 0 Å². The number of hydrogen-bond acceptors (Lipinski definition) is 5. The Morgan fingerprint density at radius 3 is 2.09 bits per heavy atom. The van der Waals surface area contributed by atoms with Gasteiger partial charge in [-0.3, -0.25) is 14.4 Å². The van der Waals surface area contributed by atoms with Gasteiger partial charge >= 0.3 is 0 Å². The molecule has 1 saturated heterocycles. The van der Waals surface area contributed by atoms with E-state index >= 15 is 0 Å². The summed E-state index contributed by atoms with van der Waals surface area (Å²) in [5.41, 5.74) is 0.731. The lowest BCUT2D eigenvalue weighted by atomic mass is 10.0. The Kier molecular flexibility index (Phi) is 5.17. The molecule has 3 atom stereocenters. The molecule has 0 aromatic heterocycles. The molecule has 1 fully saturated rings. The van der Waals surface area contributed by atoms with E-state index in [0.717, 1.165) is 5.56 Å². The van der Waals surface area contributed by atoms with E-state index in [1.165, 1.54) is 19.1 Å². The van der Waals surface area contributed by atoms with E-state index in [2.05, 4.69) is 16.0 Å². The second kappa shape index (κ2) is 7.10. The van der Waals surface area contributed by atoms with Gasteiger partial charge in [-0.15, -0.1) is 0 Å². The minimum Gasteiger partial charge on any atom is -0.508 e. The third kappa shape index (κ3) is 4.19. The van der Waals surface area contributed by atoms with E-state index in [1.54, 1.807) is 12.1 Å². The van der Waals surface area contributed by atoms with Crippen LogP contribution in [0, 0.1) is 0 Å². The molecular formula is C15H19N3O5. The van der Waals surface area contributed by atoms with Crippen molar-refractivity contribution in [2.24, 2.45) is 0 Å². The highest BCUT2D eigenvalue weighted by Gasteiger charge is 2.31. The number of carbonyl (C=O) groups is 3.